The zero-order valence-corrected chi connectivity index (χ0v) is 27.4. The molecule has 3 amide bonds. The Balaban J connectivity index is 1.23. The molecule has 0 bridgehead atoms. The summed E-state index contributed by atoms with van der Waals surface area (Å²) in [6.45, 7) is 5.65. The van der Waals surface area contributed by atoms with Gasteiger partial charge >= 0.3 is 18.2 Å². The van der Waals surface area contributed by atoms with Crippen LogP contribution in [0.15, 0.2) is 79.0 Å². The van der Waals surface area contributed by atoms with Crippen LogP contribution in [0.25, 0.3) is 22.0 Å². The van der Waals surface area contributed by atoms with Crippen LogP contribution in [-0.2, 0) is 25.5 Å². The Labute approximate surface area is 279 Å². The highest BCUT2D eigenvalue weighted by atomic mass is 16.6. The minimum Gasteiger partial charge on any atom is -0.480 e. The zero-order valence-electron chi connectivity index (χ0n) is 27.4. The minimum atomic E-state index is -1.20. The maximum Gasteiger partial charge on any atom is 0.407 e. The van der Waals surface area contributed by atoms with Gasteiger partial charge < -0.3 is 35.5 Å². The third-order valence-corrected chi connectivity index (χ3v) is 8.25. The van der Waals surface area contributed by atoms with Crippen LogP contribution in [-0.4, -0.2) is 65.0 Å². The molecule has 0 fully saturated rings. The van der Waals surface area contributed by atoms with Gasteiger partial charge in [0, 0.05) is 36.0 Å². The van der Waals surface area contributed by atoms with Crippen molar-refractivity contribution in [1.82, 2.24) is 20.9 Å². The number of aliphatic carboxylic acids is 1. The predicted molar refractivity (Wildman–Crippen MR) is 182 cm³/mol. The molecule has 252 valence electrons. The number of nitrogens with one attached hydrogen (secondary N) is 4. The predicted octanol–water partition coefficient (Wildman–Crippen LogP) is 5.88. The fourth-order valence-electron chi connectivity index (χ4n) is 6.02. The van der Waals surface area contributed by atoms with Gasteiger partial charge in [0.1, 0.15) is 24.3 Å². The van der Waals surface area contributed by atoms with E-state index in [9.17, 15) is 24.3 Å². The average Bonchev–Trinajstić information content (AvgIpc) is 3.60. The molecular weight excluding hydrogens is 612 g/mol. The first-order chi connectivity index (χ1) is 23.0. The third-order valence-electron chi connectivity index (χ3n) is 8.25. The monoisotopic (exact) mass is 654 g/mol. The van der Waals surface area contributed by atoms with Gasteiger partial charge in [-0.05, 0) is 73.9 Å². The summed E-state index contributed by atoms with van der Waals surface area (Å²) in [5, 5.41) is 18.7. The number of fused-ring (bicyclic) bond motifs is 4. The molecule has 5 N–H and O–H groups in total. The third kappa shape index (κ3) is 8.52. The largest absolute Gasteiger partial charge is 0.480 e. The molecule has 2 atom stereocenters. The van der Waals surface area contributed by atoms with Crippen LogP contribution in [0.5, 0.6) is 0 Å². The number of aromatic amines is 1. The van der Waals surface area contributed by atoms with Crippen molar-refractivity contribution in [3.8, 4) is 11.1 Å². The Bertz CT molecular complexity index is 1730. The van der Waals surface area contributed by atoms with Gasteiger partial charge in [-0.3, -0.25) is 4.79 Å². The number of carbonyl (C=O) groups excluding carboxylic acids is 3. The molecule has 0 saturated heterocycles. The molecule has 48 heavy (non-hydrogen) atoms. The average molecular weight is 655 g/mol. The molecule has 0 spiro atoms. The van der Waals surface area contributed by atoms with Gasteiger partial charge in [0.15, 0.2) is 0 Å². The summed E-state index contributed by atoms with van der Waals surface area (Å²) < 4.78 is 10.9. The molecule has 1 aliphatic carbocycles. The van der Waals surface area contributed by atoms with Crippen LogP contribution in [0.2, 0.25) is 0 Å². The number of alkyl carbamates (subject to hydrolysis) is 2. The van der Waals surface area contributed by atoms with E-state index in [1.165, 1.54) is 0 Å². The van der Waals surface area contributed by atoms with E-state index in [2.05, 4.69) is 20.9 Å². The van der Waals surface area contributed by atoms with E-state index in [0.717, 1.165) is 38.7 Å². The van der Waals surface area contributed by atoms with Crippen LogP contribution in [0.1, 0.15) is 62.6 Å². The lowest BCUT2D eigenvalue weighted by Gasteiger charge is -2.22. The molecule has 3 aromatic carbocycles. The number of carboxylic acid groups (broad SMARTS) is 1. The highest BCUT2D eigenvalue weighted by Gasteiger charge is 2.31. The second kappa shape index (κ2) is 15.1. The zero-order chi connectivity index (χ0) is 34.3. The normalized spacial score (nSPS) is 13.6. The Morgan fingerprint density at radius 1 is 0.833 bits per heavy atom. The number of para-hydroxylation sites is 1. The summed E-state index contributed by atoms with van der Waals surface area (Å²) in [6.07, 6.45) is 1.57. The first kappa shape index (κ1) is 34.0. The van der Waals surface area contributed by atoms with E-state index < -0.39 is 41.7 Å². The van der Waals surface area contributed by atoms with Crippen LogP contribution < -0.4 is 16.0 Å². The number of hydrogen-bond donors (Lipinski definition) is 5. The molecule has 4 aromatic rings. The summed E-state index contributed by atoms with van der Waals surface area (Å²) >= 11 is 0. The van der Waals surface area contributed by atoms with Crippen molar-refractivity contribution >= 4 is 35.0 Å². The van der Waals surface area contributed by atoms with Crippen molar-refractivity contribution in [3.05, 3.63) is 95.7 Å². The van der Waals surface area contributed by atoms with E-state index in [1.807, 2.05) is 72.8 Å². The van der Waals surface area contributed by atoms with Crippen molar-refractivity contribution in [2.45, 2.75) is 70.1 Å². The van der Waals surface area contributed by atoms with E-state index in [-0.39, 0.29) is 25.4 Å². The van der Waals surface area contributed by atoms with Crippen LogP contribution in [0.3, 0.4) is 0 Å². The van der Waals surface area contributed by atoms with Gasteiger partial charge in [0.25, 0.3) is 0 Å². The Morgan fingerprint density at radius 3 is 2.15 bits per heavy atom. The van der Waals surface area contributed by atoms with Gasteiger partial charge in [-0.1, -0.05) is 66.7 Å². The molecule has 0 unspecified atom stereocenters. The second-order valence-electron chi connectivity index (χ2n) is 12.9. The smallest absolute Gasteiger partial charge is 0.407 e. The van der Waals surface area contributed by atoms with Crippen LogP contribution in [0.4, 0.5) is 9.59 Å². The summed E-state index contributed by atoms with van der Waals surface area (Å²) in [4.78, 5) is 54.1. The molecule has 0 aliphatic heterocycles. The molecule has 0 saturated carbocycles. The first-order valence-corrected chi connectivity index (χ1v) is 16.2. The molecule has 0 radical (unpaired) electrons. The standard InChI is InChI=1S/C37H42N4O7/c1-37(2,3)48-35(45)38-19-11-10-18-31(34(43)44)40-33(42)32(20-23-21-39-30-17-9-8-12-24(23)30)41-36(46)47-22-29-27-15-6-4-13-25(27)26-14-5-7-16-28(26)29/h4-9,12-17,21,29,31-32,39H,10-11,18-20,22H2,1-3H3,(H,38,45)(H,40,42)(H,41,46)(H,43,44)/t31-,32-/m1/s1. The Hall–Kier alpha value is -5.32. The lowest BCUT2D eigenvalue weighted by atomic mass is 9.98. The number of unbranched alkanes of at least 4 members (excludes halogenated alkanes) is 1. The van der Waals surface area contributed by atoms with Crippen LogP contribution in [0, 0.1) is 0 Å². The van der Waals surface area contributed by atoms with Crippen molar-refractivity contribution in [2.24, 2.45) is 0 Å². The lowest BCUT2D eigenvalue weighted by molar-refractivity contribution is -0.142. The molecular formula is C37H42N4O7. The Kier molecular flexibility index (Phi) is 10.7. The first-order valence-electron chi connectivity index (χ1n) is 16.2. The molecule has 5 rings (SSSR count). The topological polar surface area (TPSA) is 159 Å². The van der Waals surface area contributed by atoms with Crippen molar-refractivity contribution < 1.29 is 33.8 Å². The summed E-state index contributed by atoms with van der Waals surface area (Å²) in [5.41, 5.74) is 5.34. The van der Waals surface area contributed by atoms with Gasteiger partial charge in [0.05, 0.1) is 0 Å². The number of H-pyrrole nitrogens is 1. The van der Waals surface area contributed by atoms with Crippen molar-refractivity contribution in [3.63, 3.8) is 0 Å². The quantitative estimate of drug-likeness (QED) is 0.113. The fourth-order valence-corrected chi connectivity index (χ4v) is 6.02. The minimum absolute atomic E-state index is 0.0658. The van der Waals surface area contributed by atoms with Gasteiger partial charge in [-0.25, -0.2) is 14.4 Å². The highest BCUT2D eigenvalue weighted by Crippen LogP contribution is 2.44. The number of hydrogen-bond acceptors (Lipinski definition) is 6. The Morgan fingerprint density at radius 2 is 1.48 bits per heavy atom. The highest BCUT2D eigenvalue weighted by molar-refractivity contribution is 5.91. The fraction of sp³-hybridized carbons (Fsp3) is 0.351. The number of ether oxygens (including phenoxy) is 2. The summed E-state index contributed by atoms with van der Waals surface area (Å²) in [5.74, 6) is -2.01. The van der Waals surface area contributed by atoms with Crippen molar-refractivity contribution in [2.75, 3.05) is 13.2 Å². The molecule has 11 nitrogen and oxygen atoms in total. The molecule has 1 aromatic heterocycles. The summed E-state index contributed by atoms with van der Waals surface area (Å²) in [7, 11) is 0. The molecule has 1 aliphatic rings. The number of benzene rings is 3. The van der Waals surface area contributed by atoms with Crippen LogP contribution >= 0.6 is 0 Å². The number of carbonyl (C=O) groups is 4. The summed E-state index contributed by atoms with van der Waals surface area (Å²) in [6, 6.07) is 21.3. The number of amides is 3. The molecule has 11 heteroatoms. The lowest BCUT2D eigenvalue weighted by Crippen LogP contribution is -2.52. The molecule has 1 heterocycles. The number of rotatable bonds is 13. The van der Waals surface area contributed by atoms with Gasteiger partial charge in [0.2, 0.25) is 5.91 Å². The SMILES string of the molecule is CC(C)(C)OC(=O)NCCCC[C@@H](NC(=O)[C@@H](Cc1c[nH]c2ccccc12)NC(=O)OCC1c2ccccc2-c2ccccc21)C(=O)O. The maximum absolute atomic E-state index is 13.6. The second-order valence-corrected chi connectivity index (χ2v) is 12.9. The van der Waals surface area contributed by atoms with E-state index in [1.54, 1.807) is 27.0 Å². The van der Waals surface area contributed by atoms with E-state index in [0.29, 0.717) is 19.4 Å². The van der Waals surface area contributed by atoms with E-state index >= 15 is 0 Å². The maximum atomic E-state index is 13.6. The number of aromatic nitrogens is 1. The van der Waals surface area contributed by atoms with E-state index in [4.69, 9.17) is 9.47 Å². The number of carboxylic acids is 1. The van der Waals surface area contributed by atoms with Gasteiger partial charge in [-0.2, -0.15) is 0 Å². The van der Waals surface area contributed by atoms with Crippen molar-refractivity contribution in [1.29, 1.82) is 0 Å². The van der Waals surface area contributed by atoms with Gasteiger partial charge in [-0.15, -0.1) is 0 Å².